The number of furan rings is 1. The average molecular weight is 447 g/mol. The van der Waals surface area contributed by atoms with E-state index in [4.69, 9.17) is 9.15 Å². The van der Waals surface area contributed by atoms with Gasteiger partial charge in [0.15, 0.2) is 5.76 Å². The van der Waals surface area contributed by atoms with Crippen LogP contribution in [0.25, 0.3) is 0 Å². The number of benzene rings is 2. The van der Waals surface area contributed by atoms with Gasteiger partial charge in [-0.1, -0.05) is 6.07 Å². The number of nitrogens with one attached hydrogen (secondary N) is 2. The summed E-state index contributed by atoms with van der Waals surface area (Å²) < 4.78 is 10.6. The lowest BCUT2D eigenvalue weighted by Gasteiger charge is -2.28. The Bertz CT molecular complexity index is 1190. The fourth-order valence-electron chi connectivity index (χ4n) is 3.73. The molecule has 0 spiro atoms. The van der Waals surface area contributed by atoms with E-state index in [2.05, 4.69) is 10.6 Å². The zero-order chi connectivity index (χ0) is 23.4. The second kappa shape index (κ2) is 9.60. The summed E-state index contributed by atoms with van der Waals surface area (Å²) in [5.74, 6) is 0.0542. The number of hydrogen-bond donors (Lipinski definition) is 2. The van der Waals surface area contributed by atoms with Gasteiger partial charge in [0.2, 0.25) is 5.91 Å². The maximum absolute atomic E-state index is 12.9. The van der Waals surface area contributed by atoms with Crippen molar-refractivity contribution in [1.29, 1.82) is 0 Å². The SMILES string of the molecule is COc1ccc(NC(=O)c2ccc(C)c(NC(=O)c3ccco3)c2)cc1N1CCCCC1=O. The van der Waals surface area contributed by atoms with Gasteiger partial charge >= 0.3 is 0 Å². The van der Waals surface area contributed by atoms with E-state index in [1.54, 1.807) is 60.5 Å². The highest BCUT2D eigenvalue weighted by Gasteiger charge is 2.23. The topological polar surface area (TPSA) is 101 Å². The molecule has 1 aliphatic rings. The molecule has 0 unspecified atom stereocenters. The first-order valence-corrected chi connectivity index (χ1v) is 10.7. The van der Waals surface area contributed by atoms with Crippen LogP contribution in [0, 0.1) is 6.92 Å². The number of ether oxygens (including phenoxy) is 1. The Balaban J connectivity index is 1.54. The molecule has 3 amide bonds. The summed E-state index contributed by atoms with van der Waals surface area (Å²) >= 11 is 0. The number of rotatable bonds is 6. The van der Waals surface area contributed by atoms with Gasteiger partial charge in [0.25, 0.3) is 11.8 Å². The third-order valence-corrected chi connectivity index (χ3v) is 5.54. The molecule has 0 bridgehead atoms. The first-order chi connectivity index (χ1) is 16.0. The van der Waals surface area contributed by atoms with Crippen molar-refractivity contribution >= 4 is 34.8 Å². The number of piperidine rings is 1. The monoisotopic (exact) mass is 447 g/mol. The molecule has 1 aromatic heterocycles. The van der Waals surface area contributed by atoms with Crippen LogP contribution in [-0.2, 0) is 4.79 Å². The normalized spacial score (nSPS) is 13.5. The molecule has 0 radical (unpaired) electrons. The van der Waals surface area contributed by atoms with Crippen LogP contribution in [0.5, 0.6) is 5.75 Å². The van der Waals surface area contributed by atoms with Gasteiger partial charge in [-0.05, 0) is 67.8 Å². The fraction of sp³-hybridized carbons (Fsp3) is 0.240. The van der Waals surface area contributed by atoms with Gasteiger partial charge in [-0.3, -0.25) is 14.4 Å². The van der Waals surface area contributed by atoms with E-state index < -0.39 is 5.91 Å². The van der Waals surface area contributed by atoms with Crippen LogP contribution < -0.4 is 20.3 Å². The molecule has 2 N–H and O–H groups in total. The Hall–Kier alpha value is -4.07. The van der Waals surface area contributed by atoms with Gasteiger partial charge in [-0.25, -0.2) is 0 Å². The molecule has 0 saturated carbocycles. The Morgan fingerprint density at radius 2 is 1.88 bits per heavy atom. The zero-order valence-corrected chi connectivity index (χ0v) is 18.5. The molecular weight excluding hydrogens is 422 g/mol. The number of hydrogen-bond acceptors (Lipinski definition) is 5. The van der Waals surface area contributed by atoms with E-state index >= 15 is 0 Å². The molecule has 0 atom stereocenters. The molecule has 33 heavy (non-hydrogen) atoms. The fourth-order valence-corrected chi connectivity index (χ4v) is 3.73. The standard InChI is InChI=1S/C25H25N3O5/c1-16-8-9-17(14-19(16)27-25(31)22-6-5-13-33-22)24(30)26-18-10-11-21(32-2)20(15-18)28-12-4-3-7-23(28)29/h5-6,8-11,13-15H,3-4,7,12H2,1-2H3,(H,26,30)(H,27,31). The molecule has 1 fully saturated rings. The second-order valence-electron chi connectivity index (χ2n) is 7.80. The minimum absolute atomic E-state index is 0.0403. The van der Waals surface area contributed by atoms with Gasteiger partial charge in [0, 0.05) is 29.9 Å². The number of nitrogens with zero attached hydrogens (tertiary/aromatic N) is 1. The molecule has 4 rings (SSSR count). The minimum Gasteiger partial charge on any atom is -0.495 e. The van der Waals surface area contributed by atoms with Crippen molar-refractivity contribution in [2.75, 3.05) is 29.2 Å². The quantitative estimate of drug-likeness (QED) is 0.574. The predicted molar refractivity (Wildman–Crippen MR) is 125 cm³/mol. The van der Waals surface area contributed by atoms with Crippen molar-refractivity contribution in [3.8, 4) is 5.75 Å². The number of anilines is 3. The highest BCUT2D eigenvalue weighted by Crippen LogP contribution is 2.34. The summed E-state index contributed by atoms with van der Waals surface area (Å²) in [6, 6.07) is 13.5. The number of aryl methyl sites for hydroxylation is 1. The van der Waals surface area contributed by atoms with Crippen molar-refractivity contribution < 1.29 is 23.5 Å². The molecule has 3 aromatic rings. The summed E-state index contributed by atoms with van der Waals surface area (Å²) in [4.78, 5) is 39.4. The van der Waals surface area contributed by atoms with Gasteiger partial charge in [-0.2, -0.15) is 0 Å². The summed E-state index contributed by atoms with van der Waals surface area (Å²) in [5.41, 5.74) is 2.87. The van der Waals surface area contributed by atoms with E-state index in [0.29, 0.717) is 41.3 Å². The van der Waals surface area contributed by atoms with E-state index in [1.165, 1.54) is 6.26 Å². The molecule has 2 aromatic carbocycles. The minimum atomic E-state index is -0.397. The van der Waals surface area contributed by atoms with Gasteiger partial charge in [-0.15, -0.1) is 0 Å². The van der Waals surface area contributed by atoms with Crippen LogP contribution >= 0.6 is 0 Å². The maximum atomic E-state index is 12.9. The van der Waals surface area contributed by atoms with Crippen LogP contribution in [0.1, 0.15) is 45.7 Å². The molecule has 8 nitrogen and oxygen atoms in total. The van der Waals surface area contributed by atoms with Crippen molar-refractivity contribution in [2.24, 2.45) is 0 Å². The predicted octanol–water partition coefficient (Wildman–Crippen LogP) is 4.62. The average Bonchev–Trinajstić information content (AvgIpc) is 3.36. The van der Waals surface area contributed by atoms with Gasteiger partial charge in [0.1, 0.15) is 5.75 Å². The van der Waals surface area contributed by atoms with Crippen LogP contribution in [0.2, 0.25) is 0 Å². The lowest BCUT2D eigenvalue weighted by molar-refractivity contribution is -0.119. The molecule has 1 saturated heterocycles. The summed E-state index contributed by atoms with van der Waals surface area (Å²) in [5, 5.41) is 5.64. The zero-order valence-electron chi connectivity index (χ0n) is 18.5. The maximum Gasteiger partial charge on any atom is 0.291 e. The summed E-state index contributed by atoms with van der Waals surface area (Å²) in [7, 11) is 1.55. The lowest BCUT2D eigenvalue weighted by Crippen LogP contribution is -2.35. The summed E-state index contributed by atoms with van der Waals surface area (Å²) in [6.45, 7) is 2.45. The van der Waals surface area contributed by atoms with Crippen LogP contribution in [0.4, 0.5) is 17.1 Å². The Labute approximate surface area is 191 Å². The van der Waals surface area contributed by atoms with E-state index in [1.807, 2.05) is 6.92 Å². The third-order valence-electron chi connectivity index (χ3n) is 5.54. The Morgan fingerprint density at radius 1 is 1.03 bits per heavy atom. The van der Waals surface area contributed by atoms with Gasteiger partial charge < -0.3 is 24.7 Å². The first kappa shape index (κ1) is 22.1. The van der Waals surface area contributed by atoms with Crippen molar-refractivity contribution in [3.05, 3.63) is 71.7 Å². The number of carbonyl (C=O) groups is 3. The first-order valence-electron chi connectivity index (χ1n) is 10.7. The van der Waals surface area contributed by atoms with E-state index in [-0.39, 0.29) is 17.6 Å². The lowest BCUT2D eigenvalue weighted by atomic mass is 10.1. The molecule has 0 aliphatic carbocycles. The smallest absolute Gasteiger partial charge is 0.291 e. The number of carbonyl (C=O) groups excluding carboxylic acids is 3. The van der Waals surface area contributed by atoms with Crippen molar-refractivity contribution in [3.63, 3.8) is 0 Å². The molecule has 1 aliphatic heterocycles. The van der Waals surface area contributed by atoms with Crippen molar-refractivity contribution in [1.82, 2.24) is 0 Å². The summed E-state index contributed by atoms with van der Waals surface area (Å²) in [6.07, 6.45) is 3.71. The highest BCUT2D eigenvalue weighted by atomic mass is 16.5. The highest BCUT2D eigenvalue weighted by molar-refractivity contribution is 6.07. The Kier molecular flexibility index (Phi) is 6.44. The van der Waals surface area contributed by atoms with Crippen LogP contribution in [0.3, 0.4) is 0 Å². The Morgan fingerprint density at radius 3 is 2.61 bits per heavy atom. The molecule has 8 heteroatoms. The molecular formula is C25H25N3O5. The van der Waals surface area contributed by atoms with E-state index in [9.17, 15) is 14.4 Å². The van der Waals surface area contributed by atoms with Crippen LogP contribution in [0.15, 0.2) is 59.2 Å². The molecule has 170 valence electrons. The molecule has 2 heterocycles. The van der Waals surface area contributed by atoms with Crippen molar-refractivity contribution in [2.45, 2.75) is 26.2 Å². The number of methoxy groups -OCH3 is 1. The van der Waals surface area contributed by atoms with Gasteiger partial charge in [0.05, 0.1) is 19.1 Å². The van der Waals surface area contributed by atoms with Crippen LogP contribution in [-0.4, -0.2) is 31.4 Å². The van der Waals surface area contributed by atoms with E-state index in [0.717, 1.165) is 18.4 Å². The number of amides is 3. The second-order valence-corrected chi connectivity index (χ2v) is 7.80. The largest absolute Gasteiger partial charge is 0.495 e. The third kappa shape index (κ3) is 4.90.